The molecule has 2 unspecified atom stereocenters. The number of nitrogens with zero attached hydrogens (tertiary/aromatic N) is 1. The summed E-state index contributed by atoms with van der Waals surface area (Å²) in [5.41, 5.74) is 0. The molecule has 1 N–H and O–H groups in total. The van der Waals surface area contributed by atoms with E-state index < -0.39 is 26.5 Å². The van der Waals surface area contributed by atoms with Crippen LogP contribution in [0.1, 0.15) is 290 Å². The van der Waals surface area contributed by atoms with Gasteiger partial charge in [0.15, 0.2) is 6.10 Å². The number of carbonyl (C=O) groups excluding carboxylic acids is 2. The first-order valence-electron chi connectivity index (χ1n) is 32.2. The van der Waals surface area contributed by atoms with E-state index in [9.17, 15) is 19.0 Å². The fourth-order valence-electron chi connectivity index (χ4n) is 9.04. The van der Waals surface area contributed by atoms with Crippen LogP contribution in [0, 0.1) is 0 Å². The Hall–Kier alpha value is -2.55. The molecule has 0 saturated heterocycles. The molecule has 0 aliphatic carbocycles. The van der Waals surface area contributed by atoms with Crippen molar-refractivity contribution in [2.75, 3.05) is 47.5 Å². The van der Waals surface area contributed by atoms with Crippen molar-refractivity contribution < 1.29 is 42.1 Å². The number of likely N-dealkylation sites (N-methyl/N-ethyl adjacent to an activating group) is 1. The number of unbranched alkanes of at least 4 members (excludes halogenated alkanes) is 33. The smallest absolute Gasteiger partial charge is 0.462 e. The summed E-state index contributed by atoms with van der Waals surface area (Å²) in [5, 5.41) is 0. The maximum atomic E-state index is 12.8. The quantitative estimate of drug-likeness (QED) is 0.0211. The zero-order chi connectivity index (χ0) is 56.3. The van der Waals surface area contributed by atoms with Gasteiger partial charge in [0.25, 0.3) is 0 Å². The van der Waals surface area contributed by atoms with Gasteiger partial charge in [-0.05, 0) is 83.5 Å². The Morgan fingerprint density at radius 2 is 0.740 bits per heavy atom. The number of carbonyl (C=O) groups is 2. The molecule has 0 amide bonds. The molecular formula is C67H123NO8P+. The first-order chi connectivity index (χ1) is 37.5. The Balaban J connectivity index is 3.97. The van der Waals surface area contributed by atoms with Gasteiger partial charge in [0.2, 0.25) is 0 Å². The Morgan fingerprint density at radius 1 is 0.416 bits per heavy atom. The Labute approximate surface area is 476 Å². The number of esters is 2. The number of allylic oxidation sites excluding steroid dienone is 12. The van der Waals surface area contributed by atoms with E-state index in [1.54, 1.807) is 0 Å². The first-order valence-corrected chi connectivity index (χ1v) is 33.7. The summed E-state index contributed by atoms with van der Waals surface area (Å²) in [7, 11) is 1.48. The second-order valence-electron chi connectivity index (χ2n) is 22.8. The average Bonchev–Trinajstić information content (AvgIpc) is 3.39. The summed E-state index contributed by atoms with van der Waals surface area (Å²) in [6, 6.07) is 0. The molecule has 0 bridgehead atoms. The third-order valence-corrected chi connectivity index (χ3v) is 15.0. The van der Waals surface area contributed by atoms with Crippen LogP contribution in [-0.4, -0.2) is 74.9 Å². The van der Waals surface area contributed by atoms with E-state index in [1.165, 1.54) is 173 Å². The van der Waals surface area contributed by atoms with Crippen LogP contribution in [0.5, 0.6) is 0 Å². The van der Waals surface area contributed by atoms with Crippen molar-refractivity contribution in [1.82, 2.24) is 0 Å². The van der Waals surface area contributed by atoms with Gasteiger partial charge in [-0.3, -0.25) is 18.6 Å². The van der Waals surface area contributed by atoms with Crippen LogP contribution < -0.4 is 0 Å². The van der Waals surface area contributed by atoms with Crippen molar-refractivity contribution in [3.05, 3.63) is 72.9 Å². The lowest BCUT2D eigenvalue weighted by Crippen LogP contribution is -2.37. The predicted molar refractivity (Wildman–Crippen MR) is 330 cm³/mol. The van der Waals surface area contributed by atoms with Gasteiger partial charge in [-0.1, -0.05) is 267 Å². The topological polar surface area (TPSA) is 108 Å². The Bertz CT molecular complexity index is 1530. The summed E-state index contributed by atoms with van der Waals surface area (Å²) in [6.45, 7) is 4.34. The fourth-order valence-corrected chi connectivity index (χ4v) is 9.78. The molecule has 0 aliphatic heterocycles. The Kier molecular flexibility index (Phi) is 56.2. The van der Waals surface area contributed by atoms with E-state index in [0.29, 0.717) is 17.4 Å². The number of rotatable bonds is 59. The highest BCUT2D eigenvalue weighted by Gasteiger charge is 2.27. The lowest BCUT2D eigenvalue weighted by molar-refractivity contribution is -0.870. The SMILES string of the molecule is CC/C=C\C/C=C\C/C=C\C/C=C\C/C=C\CCCCCCCCCCCCCCCCCCCCCCCC(=O)OC(COC(=O)CCCCCCC/C=C\CCCCCCCCC)COP(=O)(O)OCC[N+](C)(C)C. The second kappa shape index (κ2) is 58.1. The van der Waals surface area contributed by atoms with E-state index in [0.717, 1.165) is 83.5 Å². The molecule has 0 saturated carbocycles. The van der Waals surface area contributed by atoms with Gasteiger partial charge in [-0.15, -0.1) is 0 Å². The van der Waals surface area contributed by atoms with Crippen LogP contribution in [0.3, 0.4) is 0 Å². The average molecular weight is 1100 g/mol. The minimum Gasteiger partial charge on any atom is -0.462 e. The maximum absolute atomic E-state index is 12.8. The molecule has 0 aromatic carbocycles. The van der Waals surface area contributed by atoms with Crippen LogP contribution in [0.15, 0.2) is 72.9 Å². The molecule has 77 heavy (non-hydrogen) atoms. The molecule has 0 heterocycles. The van der Waals surface area contributed by atoms with Crippen LogP contribution in [0.25, 0.3) is 0 Å². The van der Waals surface area contributed by atoms with Crippen molar-refractivity contribution in [2.24, 2.45) is 0 Å². The molecule has 9 nitrogen and oxygen atoms in total. The molecule has 2 atom stereocenters. The molecule has 0 fully saturated rings. The Morgan fingerprint density at radius 3 is 1.12 bits per heavy atom. The van der Waals surface area contributed by atoms with E-state index in [-0.39, 0.29) is 32.0 Å². The predicted octanol–water partition coefficient (Wildman–Crippen LogP) is 20.4. The molecule has 0 aromatic rings. The summed E-state index contributed by atoms with van der Waals surface area (Å²) >= 11 is 0. The lowest BCUT2D eigenvalue weighted by atomic mass is 10.0. The van der Waals surface area contributed by atoms with Gasteiger partial charge in [0.05, 0.1) is 27.7 Å². The summed E-state index contributed by atoms with van der Waals surface area (Å²) in [5.74, 6) is -0.796. The number of ether oxygens (including phenoxy) is 2. The minimum atomic E-state index is -4.39. The zero-order valence-corrected chi connectivity index (χ0v) is 51.8. The van der Waals surface area contributed by atoms with E-state index in [2.05, 4.69) is 86.8 Å². The number of hydrogen-bond donors (Lipinski definition) is 1. The van der Waals surface area contributed by atoms with Crippen molar-refractivity contribution >= 4 is 19.8 Å². The summed E-state index contributed by atoms with van der Waals surface area (Å²) in [6.07, 6.45) is 77.1. The number of phosphoric acid groups is 1. The molecule has 0 spiro atoms. The third kappa shape index (κ3) is 62.5. The minimum absolute atomic E-state index is 0.0307. The molecular weight excluding hydrogens is 978 g/mol. The zero-order valence-electron chi connectivity index (χ0n) is 50.9. The van der Waals surface area contributed by atoms with Crippen LogP contribution in [0.2, 0.25) is 0 Å². The van der Waals surface area contributed by atoms with E-state index in [4.69, 9.17) is 18.5 Å². The van der Waals surface area contributed by atoms with Gasteiger partial charge in [-0.2, -0.15) is 0 Å². The summed E-state index contributed by atoms with van der Waals surface area (Å²) < 4.78 is 34.6. The van der Waals surface area contributed by atoms with Crippen molar-refractivity contribution in [3.63, 3.8) is 0 Å². The van der Waals surface area contributed by atoms with E-state index in [1.807, 2.05) is 21.1 Å². The largest absolute Gasteiger partial charge is 0.472 e. The van der Waals surface area contributed by atoms with Gasteiger partial charge in [0.1, 0.15) is 19.8 Å². The van der Waals surface area contributed by atoms with Gasteiger partial charge in [0, 0.05) is 12.8 Å². The number of hydrogen-bond acceptors (Lipinski definition) is 7. The number of phosphoric ester groups is 1. The van der Waals surface area contributed by atoms with Gasteiger partial charge >= 0.3 is 19.8 Å². The van der Waals surface area contributed by atoms with Crippen LogP contribution >= 0.6 is 7.82 Å². The molecule has 0 aliphatic rings. The molecule has 448 valence electrons. The molecule has 10 heteroatoms. The lowest BCUT2D eigenvalue weighted by Gasteiger charge is -2.24. The molecule has 0 radical (unpaired) electrons. The maximum Gasteiger partial charge on any atom is 0.472 e. The monoisotopic (exact) mass is 1100 g/mol. The summed E-state index contributed by atoms with van der Waals surface area (Å²) in [4.78, 5) is 35.7. The highest BCUT2D eigenvalue weighted by atomic mass is 31.2. The molecule has 0 aromatic heterocycles. The van der Waals surface area contributed by atoms with Gasteiger partial charge in [-0.25, -0.2) is 4.57 Å². The normalized spacial score (nSPS) is 13.7. The second-order valence-corrected chi connectivity index (χ2v) is 24.2. The van der Waals surface area contributed by atoms with E-state index >= 15 is 0 Å². The third-order valence-electron chi connectivity index (χ3n) is 14.0. The highest BCUT2D eigenvalue weighted by molar-refractivity contribution is 7.47. The van der Waals surface area contributed by atoms with Crippen LogP contribution in [0.4, 0.5) is 0 Å². The standard InChI is InChI=1S/C67H122NO8P/c1-6-8-10-12-14-16-18-20-22-24-25-26-27-28-29-30-31-32-33-34-35-36-37-38-39-40-41-42-43-44-46-48-50-52-54-56-58-60-67(70)76-65(64-75-77(71,72)74-62-61-68(3,4)5)63-73-66(69)59-57-55-53-51-49-47-45-23-21-19-17-15-13-11-9-7-2/h8,10,14,16,20,22-23,25-26,28-29,45,65H,6-7,9,11-13,15,17-19,21,24,27,30-44,46-64H2,1-5H3/p+1/b10-8-,16-14-,22-20-,26-25-,29-28-,45-23-. The number of quaternary nitrogens is 1. The van der Waals surface area contributed by atoms with Gasteiger partial charge < -0.3 is 18.9 Å². The fraction of sp³-hybridized carbons (Fsp3) is 0.791. The van der Waals surface area contributed by atoms with Crippen LogP contribution in [-0.2, 0) is 32.7 Å². The van der Waals surface area contributed by atoms with Crippen molar-refractivity contribution in [1.29, 1.82) is 0 Å². The van der Waals surface area contributed by atoms with Crippen molar-refractivity contribution in [3.8, 4) is 0 Å². The van der Waals surface area contributed by atoms with Crippen molar-refractivity contribution in [2.45, 2.75) is 296 Å². The molecule has 0 rings (SSSR count). The first kappa shape index (κ1) is 74.5. The highest BCUT2D eigenvalue weighted by Crippen LogP contribution is 2.43.